The fourth-order valence-corrected chi connectivity index (χ4v) is 2.59. The van der Waals surface area contributed by atoms with Crippen LogP contribution in [0, 0.1) is 17.2 Å². The molecule has 1 N–H and O–H groups in total. The fourth-order valence-electron chi connectivity index (χ4n) is 2.59. The molecule has 0 bridgehead atoms. The minimum absolute atomic E-state index is 0.179. The van der Waals surface area contributed by atoms with Crippen LogP contribution in [0.25, 0.3) is 0 Å². The van der Waals surface area contributed by atoms with Crippen molar-refractivity contribution < 1.29 is 9.64 Å². The number of nitrogens with one attached hydrogen (secondary N) is 1. The second-order valence-corrected chi connectivity index (χ2v) is 4.42. The lowest BCUT2D eigenvalue weighted by Gasteiger charge is -2.32. The molecule has 1 heterocycles. The maximum atomic E-state index is 9.29. The molecule has 15 heavy (non-hydrogen) atoms. The third kappa shape index (κ3) is 2.58. The Labute approximate surface area is 91.3 Å². The average molecular weight is 207 g/mol. The van der Waals surface area contributed by atoms with Crippen molar-refractivity contribution in [2.45, 2.75) is 25.3 Å². The predicted octanol–water partition coefficient (Wildman–Crippen LogP) is 0.150. The van der Waals surface area contributed by atoms with Crippen LogP contribution in [0.15, 0.2) is 12.2 Å². The summed E-state index contributed by atoms with van der Waals surface area (Å²) >= 11 is 0. The van der Waals surface area contributed by atoms with Crippen molar-refractivity contribution in [2.75, 3.05) is 26.3 Å². The standard InChI is InChI=1S/C12H18N2O/c13-10-12(11-4-2-1-3-5-11)14-6-8-15-9-7-14/h1-2,11-12H,3-9H2/p+1/t11-,12+/m1/s1. The van der Waals surface area contributed by atoms with E-state index in [2.05, 4.69) is 18.2 Å². The monoisotopic (exact) mass is 207 g/mol. The van der Waals surface area contributed by atoms with Gasteiger partial charge in [0.15, 0.2) is 6.04 Å². The van der Waals surface area contributed by atoms with Crippen LogP contribution in [-0.2, 0) is 4.74 Å². The van der Waals surface area contributed by atoms with E-state index in [1.54, 1.807) is 0 Å². The number of allylic oxidation sites excluding steroid dienone is 2. The van der Waals surface area contributed by atoms with Crippen molar-refractivity contribution in [1.82, 2.24) is 0 Å². The Kier molecular flexibility index (Phi) is 3.76. The molecule has 2 aliphatic rings. The van der Waals surface area contributed by atoms with Gasteiger partial charge in [-0.3, -0.25) is 0 Å². The van der Waals surface area contributed by atoms with Gasteiger partial charge in [0.05, 0.1) is 13.2 Å². The lowest BCUT2D eigenvalue weighted by molar-refractivity contribution is -0.928. The van der Waals surface area contributed by atoms with E-state index in [9.17, 15) is 5.26 Å². The van der Waals surface area contributed by atoms with Gasteiger partial charge in [0.2, 0.25) is 0 Å². The van der Waals surface area contributed by atoms with Crippen LogP contribution >= 0.6 is 0 Å². The van der Waals surface area contributed by atoms with Crippen molar-refractivity contribution in [3.8, 4) is 6.07 Å². The lowest BCUT2D eigenvalue weighted by Crippen LogP contribution is -3.18. The summed E-state index contributed by atoms with van der Waals surface area (Å²) in [5.41, 5.74) is 0. The van der Waals surface area contributed by atoms with Crippen molar-refractivity contribution in [1.29, 1.82) is 5.26 Å². The van der Waals surface area contributed by atoms with Gasteiger partial charge in [0.1, 0.15) is 19.2 Å². The molecule has 3 nitrogen and oxygen atoms in total. The summed E-state index contributed by atoms with van der Waals surface area (Å²) in [7, 11) is 0. The minimum atomic E-state index is 0.179. The lowest BCUT2D eigenvalue weighted by atomic mass is 9.87. The highest BCUT2D eigenvalue weighted by Gasteiger charge is 2.31. The quantitative estimate of drug-likeness (QED) is 0.655. The molecule has 1 aliphatic carbocycles. The van der Waals surface area contributed by atoms with Crippen LogP contribution < -0.4 is 4.90 Å². The SMILES string of the molecule is N#C[C@@H]([C@@H]1CC=CCC1)[NH+]1CCOCC1. The second-order valence-electron chi connectivity index (χ2n) is 4.42. The van der Waals surface area contributed by atoms with Crippen LogP contribution in [0.5, 0.6) is 0 Å². The van der Waals surface area contributed by atoms with E-state index in [-0.39, 0.29) is 6.04 Å². The molecule has 1 fully saturated rings. The molecule has 0 saturated carbocycles. The maximum absolute atomic E-state index is 9.29. The minimum Gasteiger partial charge on any atom is -0.370 e. The van der Waals surface area contributed by atoms with Crippen LogP contribution in [0.3, 0.4) is 0 Å². The number of hydrogen-bond acceptors (Lipinski definition) is 2. The third-order valence-electron chi connectivity index (χ3n) is 3.49. The molecular formula is C12H19N2O+. The molecule has 0 unspecified atom stereocenters. The summed E-state index contributed by atoms with van der Waals surface area (Å²) < 4.78 is 5.34. The van der Waals surface area contributed by atoms with Gasteiger partial charge in [0, 0.05) is 5.92 Å². The summed E-state index contributed by atoms with van der Waals surface area (Å²) in [4.78, 5) is 1.43. The van der Waals surface area contributed by atoms with Crippen molar-refractivity contribution in [3.05, 3.63) is 12.2 Å². The number of quaternary nitrogens is 1. The first-order valence-corrected chi connectivity index (χ1v) is 5.89. The summed E-state index contributed by atoms with van der Waals surface area (Å²) in [5.74, 6) is 0.563. The van der Waals surface area contributed by atoms with Gasteiger partial charge in [-0.25, -0.2) is 0 Å². The van der Waals surface area contributed by atoms with Gasteiger partial charge in [-0.2, -0.15) is 5.26 Å². The van der Waals surface area contributed by atoms with Gasteiger partial charge in [-0.1, -0.05) is 12.2 Å². The predicted molar refractivity (Wildman–Crippen MR) is 57.4 cm³/mol. The molecule has 3 heteroatoms. The van der Waals surface area contributed by atoms with Crippen molar-refractivity contribution in [3.63, 3.8) is 0 Å². The molecular weight excluding hydrogens is 188 g/mol. The summed E-state index contributed by atoms with van der Waals surface area (Å²) in [6.45, 7) is 3.63. The average Bonchev–Trinajstić information content (AvgIpc) is 2.33. The molecule has 0 aromatic rings. The summed E-state index contributed by atoms with van der Waals surface area (Å²) in [6, 6.07) is 2.69. The number of morpholine rings is 1. The van der Waals surface area contributed by atoms with Gasteiger partial charge in [-0.15, -0.1) is 0 Å². The number of nitrogens with zero attached hydrogens (tertiary/aromatic N) is 1. The summed E-state index contributed by atoms with van der Waals surface area (Å²) in [6.07, 6.45) is 7.88. The van der Waals surface area contributed by atoms with E-state index in [4.69, 9.17) is 4.74 Å². The van der Waals surface area contributed by atoms with E-state index in [1.807, 2.05) is 0 Å². The Hall–Kier alpha value is -0.850. The number of nitriles is 1. The fraction of sp³-hybridized carbons (Fsp3) is 0.750. The zero-order valence-electron chi connectivity index (χ0n) is 9.11. The Morgan fingerprint density at radius 1 is 1.33 bits per heavy atom. The van der Waals surface area contributed by atoms with Crippen molar-refractivity contribution >= 4 is 0 Å². The number of rotatable bonds is 2. The van der Waals surface area contributed by atoms with Crippen LogP contribution in [0.4, 0.5) is 0 Å². The van der Waals surface area contributed by atoms with Gasteiger partial charge < -0.3 is 9.64 Å². The first-order valence-electron chi connectivity index (χ1n) is 5.89. The highest BCUT2D eigenvalue weighted by molar-refractivity contribution is 4.98. The van der Waals surface area contributed by atoms with E-state index >= 15 is 0 Å². The smallest absolute Gasteiger partial charge is 0.178 e. The normalized spacial score (nSPS) is 29.7. The first-order chi connectivity index (χ1) is 7.42. The number of hydrogen-bond donors (Lipinski definition) is 1. The van der Waals surface area contributed by atoms with E-state index in [0.29, 0.717) is 5.92 Å². The van der Waals surface area contributed by atoms with E-state index in [0.717, 1.165) is 39.1 Å². The Balaban J connectivity index is 1.96. The zero-order chi connectivity index (χ0) is 10.5. The Morgan fingerprint density at radius 3 is 2.73 bits per heavy atom. The molecule has 82 valence electrons. The van der Waals surface area contributed by atoms with Crippen LogP contribution in [-0.4, -0.2) is 32.3 Å². The van der Waals surface area contributed by atoms with E-state index < -0.39 is 0 Å². The largest absolute Gasteiger partial charge is 0.370 e. The molecule has 2 atom stereocenters. The van der Waals surface area contributed by atoms with Gasteiger partial charge >= 0.3 is 0 Å². The van der Waals surface area contributed by atoms with Gasteiger partial charge in [0.25, 0.3) is 0 Å². The summed E-state index contributed by atoms with van der Waals surface area (Å²) in [5, 5.41) is 9.29. The molecule has 0 spiro atoms. The molecule has 0 amide bonds. The molecule has 1 saturated heterocycles. The first kappa shape index (κ1) is 10.7. The zero-order valence-corrected chi connectivity index (χ0v) is 9.11. The molecule has 0 aromatic heterocycles. The topological polar surface area (TPSA) is 37.5 Å². The third-order valence-corrected chi connectivity index (χ3v) is 3.49. The maximum Gasteiger partial charge on any atom is 0.178 e. The van der Waals surface area contributed by atoms with Gasteiger partial charge in [-0.05, 0) is 19.3 Å². The second kappa shape index (κ2) is 5.29. The molecule has 2 rings (SSSR count). The molecule has 0 aromatic carbocycles. The highest BCUT2D eigenvalue weighted by Crippen LogP contribution is 2.20. The van der Waals surface area contributed by atoms with Crippen LogP contribution in [0.2, 0.25) is 0 Å². The highest BCUT2D eigenvalue weighted by atomic mass is 16.5. The van der Waals surface area contributed by atoms with Crippen LogP contribution in [0.1, 0.15) is 19.3 Å². The van der Waals surface area contributed by atoms with E-state index in [1.165, 1.54) is 11.3 Å². The molecule has 1 aliphatic heterocycles. The van der Waals surface area contributed by atoms with Crippen molar-refractivity contribution in [2.24, 2.45) is 5.92 Å². The number of ether oxygens (including phenoxy) is 1. The molecule has 0 radical (unpaired) electrons. The Bertz CT molecular complexity index is 263. The Morgan fingerprint density at radius 2 is 2.13 bits per heavy atom.